The highest BCUT2D eigenvalue weighted by atomic mass is 16.5. The van der Waals surface area contributed by atoms with E-state index in [1.807, 2.05) is 30.3 Å². The van der Waals surface area contributed by atoms with Crippen molar-refractivity contribution in [2.75, 3.05) is 27.9 Å². The smallest absolute Gasteiger partial charge is 0.339 e. The molecule has 0 unspecified atom stereocenters. The van der Waals surface area contributed by atoms with Crippen LogP contribution in [0.2, 0.25) is 0 Å². The van der Waals surface area contributed by atoms with Crippen molar-refractivity contribution in [2.45, 2.75) is 13.0 Å². The van der Waals surface area contributed by atoms with Gasteiger partial charge in [-0.1, -0.05) is 36.9 Å². The van der Waals surface area contributed by atoms with Crippen molar-refractivity contribution in [2.24, 2.45) is 0 Å². The lowest BCUT2D eigenvalue weighted by atomic mass is 10.0. The lowest BCUT2D eigenvalue weighted by molar-refractivity contribution is -0.133. The third kappa shape index (κ3) is 4.11. The molecule has 0 saturated heterocycles. The minimum atomic E-state index is -0.553. The summed E-state index contributed by atoms with van der Waals surface area (Å²) in [7, 11) is 4.22. The number of fused-ring (bicyclic) bond motifs is 1. The Bertz CT molecular complexity index is 1050. The number of rotatable bonds is 9. The van der Waals surface area contributed by atoms with E-state index in [9.17, 15) is 9.90 Å². The zero-order valence-corrected chi connectivity index (χ0v) is 17.3. The lowest BCUT2D eigenvalue weighted by Gasteiger charge is -2.11. The molecule has 7 heteroatoms. The van der Waals surface area contributed by atoms with Gasteiger partial charge >= 0.3 is 5.97 Å². The molecule has 1 heterocycles. The van der Waals surface area contributed by atoms with Crippen LogP contribution in [0.15, 0.2) is 43.0 Å². The average molecular weight is 411 g/mol. The molecule has 1 aromatic heterocycles. The first-order valence-corrected chi connectivity index (χ1v) is 9.39. The van der Waals surface area contributed by atoms with Crippen LogP contribution < -0.4 is 9.47 Å². The molecule has 7 nitrogen and oxygen atoms in total. The van der Waals surface area contributed by atoms with Gasteiger partial charge in [0, 0.05) is 5.39 Å². The number of aromatic hydroxyl groups is 1. The maximum atomic E-state index is 12.1. The first kappa shape index (κ1) is 21.3. The van der Waals surface area contributed by atoms with Crippen molar-refractivity contribution in [3.8, 4) is 17.2 Å². The van der Waals surface area contributed by atoms with Crippen LogP contribution in [0.3, 0.4) is 0 Å². The van der Waals surface area contributed by atoms with Crippen LogP contribution in [0, 0.1) is 0 Å². The van der Waals surface area contributed by atoms with Crippen LogP contribution >= 0.6 is 0 Å². The molecule has 0 aliphatic carbocycles. The predicted octanol–water partition coefficient (Wildman–Crippen LogP) is 3.84. The van der Waals surface area contributed by atoms with E-state index in [0.29, 0.717) is 42.0 Å². The van der Waals surface area contributed by atoms with Gasteiger partial charge in [0.25, 0.3) is 0 Å². The lowest BCUT2D eigenvalue weighted by Crippen LogP contribution is -2.06. The molecule has 0 bridgehead atoms. The van der Waals surface area contributed by atoms with Crippen molar-refractivity contribution in [1.29, 1.82) is 0 Å². The molecule has 0 aliphatic rings. The van der Waals surface area contributed by atoms with Crippen molar-refractivity contribution in [3.05, 3.63) is 59.8 Å². The van der Waals surface area contributed by atoms with Gasteiger partial charge in [-0.15, -0.1) is 0 Å². The van der Waals surface area contributed by atoms with Crippen molar-refractivity contribution in [1.82, 2.24) is 4.98 Å². The molecular formula is C23H25NO6. The first-order valence-electron chi connectivity index (χ1n) is 9.39. The Morgan fingerprint density at radius 1 is 1.10 bits per heavy atom. The second-order valence-electron chi connectivity index (χ2n) is 6.62. The summed E-state index contributed by atoms with van der Waals surface area (Å²) in [5, 5.41) is 11.1. The van der Waals surface area contributed by atoms with Gasteiger partial charge < -0.3 is 29.0 Å². The number of methoxy groups -OCH3 is 3. The maximum absolute atomic E-state index is 12.1. The van der Waals surface area contributed by atoms with Gasteiger partial charge in [-0.25, -0.2) is 4.79 Å². The minimum Gasteiger partial charge on any atom is -0.504 e. The fourth-order valence-corrected chi connectivity index (χ4v) is 3.40. The number of phenolic OH excluding ortho intramolecular Hbond substituents is 1. The van der Waals surface area contributed by atoms with Gasteiger partial charge in [-0.3, -0.25) is 0 Å². The van der Waals surface area contributed by atoms with E-state index in [1.54, 1.807) is 6.07 Å². The van der Waals surface area contributed by atoms with Crippen LogP contribution in [0.1, 0.15) is 16.8 Å². The summed E-state index contributed by atoms with van der Waals surface area (Å²) in [5.41, 5.74) is 3.10. The average Bonchev–Trinajstić information content (AvgIpc) is 3.13. The van der Waals surface area contributed by atoms with Crippen LogP contribution in [0.25, 0.3) is 16.5 Å². The number of phenols is 1. The third-order valence-corrected chi connectivity index (χ3v) is 4.84. The fourth-order valence-electron chi connectivity index (χ4n) is 3.40. The van der Waals surface area contributed by atoms with Gasteiger partial charge in [-0.2, -0.15) is 0 Å². The molecule has 30 heavy (non-hydrogen) atoms. The molecule has 3 aromatic rings. The summed E-state index contributed by atoms with van der Waals surface area (Å²) in [6.45, 7) is 4.74. The zero-order chi connectivity index (χ0) is 21.7. The second kappa shape index (κ2) is 9.37. The van der Waals surface area contributed by atoms with Gasteiger partial charge in [0.2, 0.25) is 5.75 Å². The SMILES string of the molecule is C=C(C(=O)OC)c1[nH]c2c(OC)c(OC)c(O)cc2c1CCOCc1ccccc1. The standard InChI is InChI=1S/C23H25NO6/c1-14(23(26)29-4)19-16(10-11-30-13-15-8-6-5-7-9-15)17-12-18(25)21(27-2)22(28-3)20(17)24-19/h5-9,12,24-25H,1,10-11,13H2,2-4H3. The predicted molar refractivity (Wildman–Crippen MR) is 114 cm³/mol. The molecule has 0 aliphatic heterocycles. The number of H-pyrrole nitrogens is 1. The number of carbonyl (C=O) groups is 1. The monoisotopic (exact) mass is 411 g/mol. The largest absolute Gasteiger partial charge is 0.504 e. The third-order valence-electron chi connectivity index (χ3n) is 4.84. The number of benzene rings is 2. The Kier molecular flexibility index (Phi) is 6.64. The van der Waals surface area contributed by atoms with E-state index < -0.39 is 5.97 Å². The van der Waals surface area contributed by atoms with Gasteiger partial charge in [-0.05, 0) is 23.6 Å². The summed E-state index contributed by atoms with van der Waals surface area (Å²) in [6.07, 6.45) is 0.479. The fraction of sp³-hybridized carbons (Fsp3) is 0.261. The van der Waals surface area contributed by atoms with Crippen LogP contribution in [-0.4, -0.2) is 44.0 Å². The molecule has 0 atom stereocenters. The Labute approximate surface area is 174 Å². The van der Waals surface area contributed by atoms with E-state index >= 15 is 0 Å². The minimum absolute atomic E-state index is 0.0671. The Morgan fingerprint density at radius 2 is 1.80 bits per heavy atom. The summed E-state index contributed by atoms with van der Waals surface area (Å²) in [4.78, 5) is 15.3. The van der Waals surface area contributed by atoms with E-state index in [-0.39, 0.29) is 17.1 Å². The number of hydrogen-bond donors (Lipinski definition) is 2. The summed E-state index contributed by atoms with van der Waals surface area (Å²) >= 11 is 0. The Morgan fingerprint density at radius 3 is 2.43 bits per heavy atom. The van der Waals surface area contributed by atoms with Crippen LogP contribution in [0.5, 0.6) is 17.2 Å². The highest BCUT2D eigenvalue weighted by Gasteiger charge is 2.24. The topological polar surface area (TPSA) is 90.0 Å². The maximum Gasteiger partial charge on any atom is 0.339 e. The van der Waals surface area contributed by atoms with Crippen molar-refractivity contribution in [3.63, 3.8) is 0 Å². The number of carbonyl (C=O) groups excluding carboxylic acids is 1. The normalized spacial score (nSPS) is 10.8. The molecule has 2 aromatic carbocycles. The summed E-state index contributed by atoms with van der Waals surface area (Å²) < 4.78 is 21.4. The number of nitrogens with one attached hydrogen (secondary N) is 1. The highest BCUT2D eigenvalue weighted by Crippen LogP contribution is 2.45. The number of hydrogen-bond acceptors (Lipinski definition) is 6. The molecule has 158 valence electrons. The van der Waals surface area contributed by atoms with Gasteiger partial charge in [0.1, 0.15) is 0 Å². The molecular weight excluding hydrogens is 386 g/mol. The van der Waals surface area contributed by atoms with Gasteiger partial charge in [0.05, 0.1) is 51.3 Å². The second-order valence-corrected chi connectivity index (χ2v) is 6.62. The number of esters is 1. The molecule has 3 rings (SSSR count). The van der Waals surface area contributed by atoms with E-state index in [4.69, 9.17) is 18.9 Å². The molecule has 2 N–H and O–H groups in total. The number of aromatic nitrogens is 1. The van der Waals surface area contributed by atoms with E-state index in [1.165, 1.54) is 21.3 Å². The molecule has 0 spiro atoms. The first-order chi connectivity index (χ1) is 14.5. The Balaban J connectivity index is 1.97. The van der Waals surface area contributed by atoms with Gasteiger partial charge in [0.15, 0.2) is 11.5 Å². The zero-order valence-electron chi connectivity index (χ0n) is 17.3. The highest BCUT2D eigenvalue weighted by molar-refractivity contribution is 6.17. The van der Waals surface area contributed by atoms with Crippen LogP contribution in [0.4, 0.5) is 0 Å². The van der Waals surface area contributed by atoms with E-state index in [0.717, 1.165) is 11.1 Å². The van der Waals surface area contributed by atoms with E-state index in [2.05, 4.69) is 11.6 Å². The molecule has 0 amide bonds. The molecule has 0 fully saturated rings. The summed E-state index contributed by atoms with van der Waals surface area (Å²) in [5.74, 6) is -0.0816. The summed E-state index contributed by atoms with van der Waals surface area (Å²) in [6, 6.07) is 11.4. The Hall–Kier alpha value is -3.45. The number of aromatic amines is 1. The van der Waals surface area contributed by atoms with Crippen molar-refractivity contribution >= 4 is 22.4 Å². The quantitative estimate of drug-likeness (QED) is 0.316. The van der Waals surface area contributed by atoms with Crippen LogP contribution in [-0.2, 0) is 27.3 Å². The number of ether oxygens (including phenoxy) is 4. The van der Waals surface area contributed by atoms with Crippen molar-refractivity contribution < 1.29 is 28.8 Å². The molecule has 0 radical (unpaired) electrons. The molecule has 0 saturated carbocycles.